The maximum absolute atomic E-state index is 13.6. The molecule has 108 valence electrons. The quantitative estimate of drug-likeness (QED) is 0.841. The lowest BCUT2D eigenvalue weighted by atomic mass is 10.1. The van der Waals surface area contributed by atoms with E-state index < -0.39 is 17.6 Å². The summed E-state index contributed by atoms with van der Waals surface area (Å²) in [5.74, 6) is -1.72. The first-order chi connectivity index (χ1) is 9.23. The van der Waals surface area contributed by atoms with Crippen LogP contribution in [0.25, 0.3) is 11.1 Å². The molecule has 0 saturated heterocycles. The minimum Gasteiger partial charge on any atom is -0.481 e. The number of nitrogens with zero attached hydrogens (tertiary/aromatic N) is 2. The van der Waals surface area contributed by atoms with Crippen molar-refractivity contribution in [2.45, 2.75) is 13.8 Å². The second-order valence-electron chi connectivity index (χ2n) is 4.11. The Morgan fingerprint density at radius 2 is 1.95 bits per heavy atom. The van der Waals surface area contributed by atoms with Crippen LogP contribution in [0.1, 0.15) is 12.6 Å². The van der Waals surface area contributed by atoms with Crippen molar-refractivity contribution >= 4 is 11.8 Å². The zero-order valence-electron chi connectivity index (χ0n) is 11.3. The number of hydrogen-bond acceptors (Lipinski definition) is 3. The average Bonchev–Trinajstić information content (AvgIpc) is 2.54. The van der Waals surface area contributed by atoms with Gasteiger partial charge in [0.1, 0.15) is 17.5 Å². The third-order valence-electron chi connectivity index (χ3n) is 2.47. The van der Waals surface area contributed by atoms with E-state index in [2.05, 4.69) is 5.10 Å². The molecule has 0 aliphatic heterocycles. The Bertz CT molecular complexity index is 635. The molecule has 0 aliphatic carbocycles. The molecule has 2 aromatic rings. The van der Waals surface area contributed by atoms with Crippen LogP contribution in [0.2, 0.25) is 0 Å². The number of aliphatic carboxylic acids is 1. The van der Waals surface area contributed by atoms with E-state index in [1.54, 1.807) is 14.0 Å². The predicted molar refractivity (Wildman–Crippen MR) is 71.0 cm³/mol. The van der Waals surface area contributed by atoms with Crippen LogP contribution in [-0.4, -0.2) is 20.9 Å². The third kappa shape index (κ3) is 3.53. The van der Waals surface area contributed by atoms with Gasteiger partial charge in [0.2, 0.25) is 0 Å². The van der Waals surface area contributed by atoms with Crippen molar-refractivity contribution in [3.63, 3.8) is 0 Å². The van der Waals surface area contributed by atoms with Crippen LogP contribution >= 0.6 is 0 Å². The second kappa shape index (κ2) is 6.14. The number of hydrogen-bond donors (Lipinski definition) is 2. The summed E-state index contributed by atoms with van der Waals surface area (Å²) in [5, 5.41) is 11.5. The van der Waals surface area contributed by atoms with Crippen molar-refractivity contribution in [3.05, 3.63) is 35.5 Å². The summed E-state index contributed by atoms with van der Waals surface area (Å²) in [7, 11) is 1.67. The number of aryl methyl sites for hydroxylation is 2. The number of nitrogens with two attached hydrogens (primary N) is 1. The van der Waals surface area contributed by atoms with Gasteiger partial charge >= 0.3 is 0 Å². The van der Waals surface area contributed by atoms with Gasteiger partial charge in [-0.1, -0.05) is 0 Å². The van der Waals surface area contributed by atoms with Crippen molar-refractivity contribution in [1.29, 1.82) is 0 Å². The average molecular weight is 283 g/mol. The lowest BCUT2D eigenvalue weighted by molar-refractivity contribution is -0.134. The van der Waals surface area contributed by atoms with Gasteiger partial charge in [-0.2, -0.15) is 5.10 Å². The number of rotatable bonds is 1. The highest BCUT2D eigenvalue weighted by Crippen LogP contribution is 2.31. The first-order valence-electron chi connectivity index (χ1n) is 5.68. The van der Waals surface area contributed by atoms with Crippen LogP contribution in [-0.2, 0) is 11.8 Å². The van der Waals surface area contributed by atoms with Gasteiger partial charge in [0.25, 0.3) is 5.97 Å². The van der Waals surface area contributed by atoms with Crippen molar-refractivity contribution in [1.82, 2.24) is 9.78 Å². The van der Waals surface area contributed by atoms with Crippen molar-refractivity contribution in [2.75, 3.05) is 5.73 Å². The van der Waals surface area contributed by atoms with Crippen molar-refractivity contribution in [2.24, 2.45) is 7.05 Å². The molecule has 20 heavy (non-hydrogen) atoms. The molecule has 0 atom stereocenters. The van der Waals surface area contributed by atoms with Gasteiger partial charge in [-0.05, 0) is 19.1 Å². The Kier molecular flexibility index (Phi) is 4.79. The fourth-order valence-electron chi connectivity index (χ4n) is 1.70. The van der Waals surface area contributed by atoms with Gasteiger partial charge in [0, 0.05) is 31.2 Å². The topological polar surface area (TPSA) is 81.1 Å². The normalized spacial score (nSPS) is 9.85. The lowest BCUT2D eigenvalue weighted by Crippen LogP contribution is -1.98. The molecule has 0 aliphatic rings. The Labute approximate surface area is 114 Å². The molecule has 1 aromatic heterocycles. The number of carbonyl (C=O) groups is 1. The summed E-state index contributed by atoms with van der Waals surface area (Å²) in [6, 6.07) is 3.40. The van der Waals surface area contributed by atoms with E-state index >= 15 is 0 Å². The van der Waals surface area contributed by atoms with E-state index in [-0.39, 0.29) is 5.56 Å². The first kappa shape index (κ1) is 15.6. The molecule has 0 fully saturated rings. The van der Waals surface area contributed by atoms with Crippen LogP contribution < -0.4 is 5.73 Å². The van der Waals surface area contributed by atoms with Crippen LogP contribution in [0.5, 0.6) is 0 Å². The first-order valence-corrected chi connectivity index (χ1v) is 5.68. The molecule has 0 unspecified atom stereocenters. The van der Waals surface area contributed by atoms with E-state index in [1.807, 2.05) is 0 Å². The molecule has 0 saturated carbocycles. The molecule has 0 spiro atoms. The van der Waals surface area contributed by atoms with Crippen LogP contribution in [0, 0.1) is 18.6 Å². The number of benzene rings is 1. The number of carboxylic acids is 1. The highest BCUT2D eigenvalue weighted by molar-refractivity contribution is 5.76. The van der Waals surface area contributed by atoms with E-state index in [4.69, 9.17) is 15.6 Å². The summed E-state index contributed by atoms with van der Waals surface area (Å²) in [6.07, 6.45) is 0. The number of halogens is 2. The van der Waals surface area contributed by atoms with Crippen LogP contribution in [0.15, 0.2) is 18.2 Å². The number of aromatic nitrogens is 2. The number of nitrogen functional groups attached to an aromatic ring is 1. The van der Waals surface area contributed by atoms with Gasteiger partial charge in [-0.25, -0.2) is 8.78 Å². The maximum atomic E-state index is 13.6. The fraction of sp³-hybridized carbons (Fsp3) is 0.231. The summed E-state index contributed by atoms with van der Waals surface area (Å²) in [4.78, 5) is 9.00. The van der Waals surface area contributed by atoms with E-state index in [1.165, 1.54) is 16.8 Å². The van der Waals surface area contributed by atoms with Crippen molar-refractivity contribution in [3.8, 4) is 11.1 Å². The van der Waals surface area contributed by atoms with Gasteiger partial charge in [-0.3, -0.25) is 9.48 Å². The van der Waals surface area contributed by atoms with Crippen LogP contribution in [0.4, 0.5) is 14.6 Å². The number of carboxylic acid groups (broad SMARTS) is 1. The Morgan fingerprint density at radius 3 is 2.35 bits per heavy atom. The molecule has 0 radical (unpaired) electrons. The monoisotopic (exact) mass is 283 g/mol. The van der Waals surface area contributed by atoms with Gasteiger partial charge in [-0.15, -0.1) is 0 Å². The maximum Gasteiger partial charge on any atom is 0.300 e. The SMILES string of the molecule is CC(=O)O.Cc1nn(C)c(N)c1-c1ccc(F)cc1F. The molecule has 5 nitrogen and oxygen atoms in total. The molecule has 1 aromatic carbocycles. The zero-order valence-corrected chi connectivity index (χ0v) is 11.3. The highest BCUT2D eigenvalue weighted by atomic mass is 19.1. The predicted octanol–water partition coefficient (Wildman–Crippen LogP) is 2.35. The summed E-state index contributed by atoms with van der Waals surface area (Å²) in [6.45, 7) is 2.81. The summed E-state index contributed by atoms with van der Waals surface area (Å²) in [5.41, 5.74) is 7.18. The molecule has 1 heterocycles. The van der Waals surface area contributed by atoms with E-state index in [9.17, 15) is 8.78 Å². The largest absolute Gasteiger partial charge is 0.481 e. The van der Waals surface area contributed by atoms with Crippen molar-refractivity contribution < 1.29 is 18.7 Å². The molecule has 3 N–H and O–H groups in total. The summed E-state index contributed by atoms with van der Waals surface area (Å²) >= 11 is 0. The fourth-order valence-corrected chi connectivity index (χ4v) is 1.70. The number of anilines is 1. The van der Waals surface area contributed by atoms with Gasteiger partial charge in [0.05, 0.1) is 5.69 Å². The zero-order chi connectivity index (χ0) is 15.4. The molecule has 0 bridgehead atoms. The lowest BCUT2D eigenvalue weighted by Gasteiger charge is -2.03. The Morgan fingerprint density at radius 1 is 1.40 bits per heavy atom. The standard InChI is InChI=1S/C11H11F2N3.C2H4O2/c1-6-10(11(14)16(2)15-6)8-4-3-7(12)5-9(8)13;1-2(3)4/h3-5H,14H2,1-2H3;1H3,(H,3,4). The molecular weight excluding hydrogens is 268 g/mol. The molecular formula is C13H15F2N3O2. The smallest absolute Gasteiger partial charge is 0.300 e. The Balaban J connectivity index is 0.000000444. The van der Waals surface area contributed by atoms with Crippen LogP contribution in [0.3, 0.4) is 0 Å². The molecule has 7 heteroatoms. The van der Waals surface area contributed by atoms with Gasteiger partial charge in [0.15, 0.2) is 0 Å². The third-order valence-corrected chi connectivity index (χ3v) is 2.47. The second-order valence-corrected chi connectivity index (χ2v) is 4.11. The Hall–Kier alpha value is -2.44. The van der Waals surface area contributed by atoms with E-state index in [0.29, 0.717) is 17.1 Å². The minimum absolute atomic E-state index is 0.268. The molecule has 2 rings (SSSR count). The van der Waals surface area contributed by atoms with Gasteiger partial charge < -0.3 is 10.8 Å². The van der Waals surface area contributed by atoms with E-state index in [0.717, 1.165) is 13.0 Å². The summed E-state index contributed by atoms with van der Waals surface area (Å²) < 4.78 is 27.8. The minimum atomic E-state index is -0.833. The molecule has 0 amide bonds. The highest BCUT2D eigenvalue weighted by Gasteiger charge is 2.16.